The lowest BCUT2D eigenvalue weighted by Gasteiger charge is -2.19. The molecule has 0 saturated carbocycles. The van der Waals surface area contributed by atoms with Crippen molar-refractivity contribution in [1.82, 2.24) is 5.32 Å². The Morgan fingerprint density at radius 2 is 1.78 bits per heavy atom. The Labute approximate surface area is 153 Å². The Bertz CT molecular complexity index is 778. The smallest absolute Gasteiger partial charge is 0.481 e. The summed E-state index contributed by atoms with van der Waals surface area (Å²) in [6.07, 6.45) is -4.90. The summed E-state index contributed by atoms with van der Waals surface area (Å²) in [5, 5.41) is 11.6. The van der Waals surface area contributed by atoms with E-state index in [1.54, 1.807) is 30.3 Å². The van der Waals surface area contributed by atoms with Crippen molar-refractivity contribution >= 4 is 11.9 Å². The van der Waals surface area contributed by atoms with Gasteiger partial charge >= 0.3 is 12.3 Å². The Morgan fingerprint density at radius 3 is 2.41 bits per heavy atom. The van der Waals surface area contributed by atoms with Crippen LogP contribution in [0.1, 0.15) is 30.0 Å². The van der Waals surface area contributed by atoms with Gasteiger partial charge in [0.1, 0.15) is 5.75 Å². The topological polar surface area (TPSA) is 75.6 Å². The number of ether oxygens (including phenoxy) is 1. The molecule has 8 heteroatoms. The summed E-state index contributed by atoms with van der Waals surface area (Å²) >= 11 is 0. The van der Waals surface area contributed by atoms with Gasteiger partial charge < -0.3 is 15.2 Å². The van der Waals surface area contributed by atoms with Gasteiger partial charge in [-0.2, -0.15) is 0 Å². The third-order valence-electron chi connectivity index (χ3n) is 3.68. The van der Waals surface area contributed by atoms with Crippen molar-refractivity contribution < 1.29 is 32.6 Å². The van der Waals surface area contributed by atoms with Crippen LogP contribution < -0.4 is 10.1 Å². The second-order valence-electron chi connectivity index (χ2n) is 5.84. The van der Waals surface area contributed by atoms with E-state index in [1.165, 1.54) is 12.1 Å². The molecule has 5 nitrogen and oxygen atoms in total. The number of alkyl halides is 3. The van der Waals surface area contributed by atoms with Gasteiger partial charge in [-0.1, -0.05) is 42.5 Å². The average molecular weight is 381 g/mol. The van der Waals surface area contributed by atoms with E-state index in [2.05, 4.69) is 10.1 Å². The molecule has 0 bridgehead atoms. The van der Waals surface area contributed by atoms with Crippen LogP contribution in [0.25, 0.3) is 0 Å². The van der Waals surface area contributed by atoms with Crippen LogP contribution in [0, 0.1) is 0 Å². The van der Waals surface area contributed by atoms with Crippen molar-refractivity contribution in [3.8, 4) is 5.75 Å². The maximum absolute atomic E-state index is 12.3. The van der Waals surface area contributed by atoms with Crippen molar-refractivity contribution in [3.63, 3.8) is 0 Å². The lowest BCUT2D eigenvalue weighted by atomic mass is 10.0. The lowest BCUT2D eigenvalue weighted by molar-refractivity contribution is -0.274. The molecule has 1 unspecified atom stereocenters. The summed E-state index contributed by atoms with van der Waals surface area (Å²) in [7, 11) is 0. The Kier molecular flexibility index (Phi) is 6.81. The first-order valence-corrected chi connectivity index (χ1v) is 8.14. The van der Waals surface area contributed by atoms with Gasteiger partial charge in [0.25, 0.3) is 0 Å². The fourth-order valence-electron chi connectivity index (χ4n) is 2.56. The van der Waals surface area contributed by atoms with Crippen LogP contribution in [-0.4, -0.2) is 23.3 Å². The number of halogens is 3. The largest absolute Gasteiger partial charge is 0.573 e. The summed E-state index contributed by atoms with van der Waals surface area (Å²) in [6.45, 7) is 0. The molecule has 2 aromatic rings. The van der Waals surface area contributed by atoms with Gasteiger partial charge in [-0.05, 0) is 29.7 Å². The van der Waals surface area contributed by atoms with Gasteiger partial charge in [-0.3, -0.25) is 9.59 Å². The number of hydrogen-bond acceptors (Lipinski definition) is 3. The minimum Gasteiger partial charge on any atom is -0.481 e. The fraction of sp³-hybridized carbons (Fsp3) is 0.263. The van der Waals surface area contributed by atoms with Gasteiger partial charge in [0.2, 0.25) is 5.91 Å². The number of carboxylic acid groups (broad SMARTS) is 1. The third kappa shape index (κ3) is 7.39. The molecule has 144 valence electrons. The maximum Gasteiger partial charge on any atom is 0.573 e. The predicted octanol–water partition coefficient (Wildman–Crippen LogP) is 3.85. The molecule has 2 N–H and O–H groups in total. The first kappa shape index (κ1) is 20.3. The summed E-state index contributed by atoms with van der Waals surface area (Å²) in [4.78, 5) is 23.2. The summed E-state index contributed by atoms with van der Waals surface area (Å²) in [6, 6.07) is 13.5. The van der Waals surface area contributed by atoms with E-state index < -0.39 is 30.0 Å². The number of carboxylic acids is 1. The molecule has 2 rings (SSSR count). The number of rotatable bonds is 8. The zero-order chi connectivity index (χ0) is 19.9. The SMILES string of the molecule is O=C(O)CCC(NC(=O)Cc1cccc(OC(F)(F)F)c1)c1ccccc1. The predicted molar refractivity (Wildman–Crippen MR) is 91.0 cm³/mol. The number of benzene rings is 2. The molecule has 0 aliphatic rings. The third-order valence-corrected chi connectivity index (χ3v) is 3.68. The van der Waals surface area contributed by atoms with Crippen LogP contribution in [0.4, 0.5) is 13.2 Å². The molecule has 0 saturated heterocycles. The van der Waals surface area contributed by atoms with E-state index in [1.807, 2.05) is 0 Å². The van der Waals surface area contributed by atoms with Crippen LogP contribution in [0.3, 0.4) is 0 Å². The van der Waals surface area contributed by atoms with E-state index in [9.17, 15) is 22.8 Å². The van der Waals surface area contributed by atoms with Crippen molar-refractivity contribution in [2.24, 2.45) is 0 Å². The molecule has 0 spiro atoms. The highest BCUT2D eigenvalue weighted by Gasteiger charge is 2.31. The van der Waals surface area contributed by atoms with Crippen LogP contribution >= 0.6 is 0 Å². The second-order valence-corrected chi connectivity index (χ2v) is 5.84. The normalized spacial score (nSPS) is 12.3. The quantitative estimate of drug-likeness (QED) is 0.728. The number of nitrogens with one attached hydrogen (secondary N) is 1. The van der Waals surface area contributed by atoms with E-state index in [4.69, 9.17) is 5.11 Å². The molecule has 0 heterocycles. The summed E-state index contributed by atoms with van der Waals surface area (Å²) < 4.78 is 40.7. The van der Waals surface area contributed by atoms with Crippen LogP contribution in [0.15, 0.2) is 54.6 Å². The van der Waals surface area contributed by atoms with E-state index in [0.717, 1.165) is 17.7 Å². The van der Waals surface area contributed by atoms with Crippen LogP contribution in [0.5, 0.6) is 5.75 Å². The highest BCUT2D eigenvalue weighted by Crippen LogP contribution is 2.24. The molecule has 2 aromatic carbocycles. The van der Waals surface area contributed by atoms with Crippen LogP contribution in [-0.2, 0) is 16.0 Å². The van der Waals surface area contributed by atoms with Gasteiger partial charge in [0.05, 0.1) is 12.5 Å². The van der Waals surface area contributed by atoms with Crippen molar-refractivity contribution in [3.05, 3.63) is 65.7 Å². The highest BCUT2D eigenvalue weighted by molar-refractivity contribution is 5.79. The maximum atomic E-state index is 12.3. The number of carbonyl (C=O) groups excluding carboxylic acids is 1. The number of carbonyl (C=O) groups is 2. The van der Waals surface area contributed by atoms with Gasteiger partial charge in [-0.25, -0.2) is 0 Å². The zero-order valence-corrected chi connectivity index (χ0v) is 14.2. The van der Waals surface area contributed by atoms with Crippen molar-refractivity contribution in [2.75, 3.05) is 0 Å². The molecule has 0 fully saturated rings. The average Bonchev–Trinajstić information content (AvgIpc) is 2.58. The van der Waals surface area contributed by atoms with E-state index in [0.29, 0.717) is 5.56 Å². The Balaban J connectivity index is 2.05. The molecular formula is C19H18F3NO4. The molecule has 27 heavy (non-hydrogen) atoms. The van der Waals surface area contributed by atoms with E-state index in [-0.39, 0.29) is 19.3 Å². The summed E-state index contributed by atoms with van der Waals surface area (Å²) in [5.74, 6) is -1.82. The molecule has 1 atom stereocenters. The van der Waals surface area contributed by atoms with Crippen LogP contribution in [0.2, 0.25) is 0 Å². The van der Waals surface area contributed by atoms with Crippen molar-refractivity contribution in [2.45, 2.75) is 31.7 Å². The standard InChI is InChI=1S/C19H18F3NO4/c20-19(21,22)27-15-8-4-5-13(11-15)12-17(24)23-16(9-10-18(25)26)14-6-2-1-3-7-14/h1-8,11,16H,9-10,12H2,(H,23,24)(H,25,26). The zero-order valence-electron chi connectivity index (χ0n) is 14.2. The number of hydrogen-bond donors (Lipinski definition) is 2. The number of amides is 1. The second kappa shape index (κ2) is 9.07. The van der Waals surface area contributed by atoms with E-state index >= 15 is 0 Å². The van der Waals surface area contributed by atoms with Gasteiger partial charge in [0, 0.05) is 6.42 Å². The van der Waals surface area contributed by atoms with Gasteiger partial charge in [-0.15, -0.1) is 13.2 Å². The minimum absolute atomic E-state index is 0.130. The molecule has 0 aromatic heterocycles. The van der Waals surface area contributed by atoms with Gasteiger partial charge in [0.15, 0.2) is 0 Å². The first-order chi connectivity index (χ1) is 12.7. The highest BCUT2D eigenvalue weighted by atomic mass is 19.4. The minimum atomic E-state index is -4.81. The number of aliphatic carboxylic acids is 1. The lowest BCUT2D eigenvalue weighted by Crippen LogP contribution is -2.30. The molecule has 0 radical (unpaired) electrons. The molecular weight excluding hydrogens is 363 g/mol. The Hall–Kier alpha value is -3.03. The molecule has 0 aliphatic carbocycles. The molecule has 0 aliphatic heterocycles. The first-order valence-electron chi connectivity index (χ1n) is 8.14. The fourth-order valence-corrected chi connectivity index (χ4v) is 2.56. The van der Waals surface area contributed by atoms with Crippen molar-refractivity contribution in [1.29, 1.82) is 0 Å². The Morgan fingerprint density at radius 1 is 1.07 bits per heavy atom. The monoisotopic (exact) mass is 381 g/mol. The summed E-state index contributed by atoms with van der Waals surface area (Å²) in [5.41, 5.74) is 1.10. The molecule has 1 amide bonds.